The Kier molecular flexibility index (Phi) is 13.2. The van der Waals surface area contributed by atoms with Crippen LogP contribution < -0.4 is 0 Å². The molecule has 0 aromatic carbocycles. The van der Waals surface area contributed by atoms with Crippen molar-refractivity contribution in [2.75, 3.05) is 39.7 Å². The van der Waals surface area contributed by atoms with Gasteiger partial charge in [0.25, 0.3) is 0 Å². The fraction of sp³-hybridized carbons (Fsp3) is 1.00. The summed E-state index contributed by atoms with van der Waals surface area (Å²) < 4.78 is 0. The van der Waals surface area contributed by atoms with E-state index in [9.17, 15) is 0 Å². The topological polar surface area (TPSA) is 26.7 Å². The summed E-state index contributed by atoms with van der Waals surface area (Å²) in [5, 5.41) is 8.71. The Balaban J connectivity index is 0.000000364. The van der Waals surface area contributed by atoms with E-state index in [0.717, 1.165) is 24.8 Å². The average Bonchev–Trinajstić information content (AvgIpc) is 2.45. The Hall–Kier alpha value is 0.460. The number of aliphatic hydroxyl groups is 1. The summed E-state index contributed by atoms with van der Waals surface area (Å²) in [6.45, 7) is 2.82. The van der Waals surface area contributed by atoms with Gasteiger partial charge >= 0.3 is 0 Å². The molecule has 3 nitrogen and oxygen atoms in total. The lowest BCUT2D eigenvalue weighted by atomic mass is 10.0. The second kappa shape index (κ2) is 13.0. The van der Waals surface area contributed by atoms with Crippen molar-refractivity contribution in [2.45, 2.75) is 63.5 Å². The highest BCUT2D eigenvalue weighted by molar-refractivity contribution is 6.17. The van der Waals surface area contributed by atoms with Crippen LogP contribution in [0, 0.1) is 0 Å². The first-order chi connectivity index (χ1) is 9.69. The zero-order valence-electron chi connectivity index (χ0n) is 13.8. The number of hydrogen-bond acceptors (Lipinski definition) is 3. The summed E-state index contributed by atoms with van der Waals surface area (Å²) in [5.74, 6) is 0.814. The van der Waals surface area contributed by atoms with E-state index < -0.39 is 0 Å². The average molecular weight is 341 g/mol. The third-order valence-corrected chi connectivity index (χ3v) is 4.97. The molecule has 2 unspecified atom stereocenters. The van der Waals surface area contributed by atoms with E-state index >= 15 is 0 Å². The summed E-state index contributed by atoms with van der Waals surface area (Å²) in [5.41, 5.74) is 0. The second-order valence-corrected chi connectivity index (χ2v) is 6.63. The lowest BCUT2D eigenvalue weighted by molar-refractivity contribution is 0.147. The second-order valence-electron chi connectivity index (χ2n) is 6.25. The normalized spacial score (nSPS) is 27.4. The molecule has 1 N–H and O–H groups in total. The zero-order valence-corrected chi connectivity index (χ0v) is 15.3. The quantitative estimate of drug-likeness (QED) is 0.794. The Labute approximate surface area is 142 Å². The summed E-state index contributed by atoms with van der Waals surface area (Å²) in [6.07, 6.45) is 10.2. The minimum absolute atomic E-state index is 0. The number of rotatable bonds is 4. The Morgan fingerprint density at radius 3 is 1.76 bits per heavy atom. The number of hydrogen-bond donors (Lipinski definition) is 1. The molecule has 0 saturated carbocycles. The predicted molar refractivity (Wildman–Crippen MR) is 94.8 cm³/mol. The van der Waals surface area contributed by atoms with Gasteiger partial charge in [0.2, 0.25) is 0 Å². The standard InChI is InChI=1S/C8H16ClN.C8H17NO.ClH/c1-10-7-3-2-4-8(10)5-6-9;1-9-6-3-2-4-8(9)5-7-10;/h8H,2-7H2,1H3;8,10H,2-7H2,1H3;1H. The van der Waals surface area contributed by atoms with Gasteiger partial charge in [-0.3, -0.25) is 0 Å². The van der Waals surface area contributed by atoms with E-state index in [1.165, 1.54) is 51.6 Å². The highest BCUT2D eigenvalue weighted by atomic mass is 35.5. The highest BCUT2D eigenvalue weighted by Crippen LogP contribution is 2.18. The SMILES string of the molecule is CN1CCCCC1CCCl.CN1CCCCC1CCO.Cl. The Bertz CT molecular complexity index is 216. The van der Waals surface area contributed by atoms with Crippen molar-refractivity contribution < 1.29 is 5.11 Å². The maximum atomic E-state index is 8.71. The number of halogens is 2. The molecule has 2 atom stereocenters. The number of likely N-dealkylation sites (tertiary alicyclic amines) is 2. The molecule has 2 aliphatic heterocycles. The molecular formula is C16H34Cl2N2O. The fourth-order valence-electron chi connectivity index (χ4n) is 3.29. The van der Waals surface area contributed by atoms with Crippen molar-refractivity contribution >= 4 is 24.0 Å². The number of nitrogens with zero attached hydrogens (tertiary/aromatic N) is 2. The van der Waals surface area contributed by atoms with Crippen LogP contribution in [0.4, 0.5) is 0 Å². The van der Waals surface area contributed by atoms with Crippen LogP contribution in [0.25, 0.3) is 0 Å². The molecule has 2 heterocycles. The molecule has 2 aliphatic rings. The largest absolute Gasteiger partial charge is 0.396 e. The van der Waals surface area contributed by atoms with Crippen molar-refractivity contribution in [3.63, 3.8) is 0 Å². The van der Waals surface area contributed by atoms with Gasteiger partial charge in [0.15, 0.2) is 0 Å². The molecule has 2 fully saturated rings. The number of alkyl halides is 1. The van der Waals surface area contributed by atoms with E-state index in [2.05, 4.69) is 23.9 Å². The molecule has 0 spiro atoms. The molecule has 21 heavy (non-hydrogen) atoms. The summed E-state index contributed by atoms with van der Waals surface area (Å²) in [7, 11) is 4.36. The molecule has 2 rings (SSSR count). The van der Waals surface area contributed by atoms with Crippen LogP contribution in [-0.2, 0) is 0 Å². The van der Waals surface area contributed by atoms with Gasteiger partial charge in [0.05, 0.1) is 0 Å². The van der Waals surface area contributed by atoms with E-state index in [1.54, 1.807) is 0 Å². The van der Waals surface area contributed by atoms with Gasteiger partial charge in [0.1, 0.15) is 0 Å². The van der Waals surface area contributed by atoms with Crippen LogP contribution >= 0.6 is 24.0 Å². The van der Waals surface area contributed by atoms with E-state index in [0.29, 0.717) is 12.6 Å². The number of piperidine rings is 2. The van der Waals surface area contributed by atoms with Gasteiger partial charge in [-0.05, 0) is 65.7 Å². The van der Waals surface area contributed by atoms with E-state index in [1.807, 2.05) is 0 Å². The van der Waals surface area contributed by atoms with Crippen LogP contribution in [0.2, 0.25) is 0 Å². The molecule has 0 radical (unpaired) electrons. The molecule has 0 bridgehead atoms. The first-order valence-electron chi connectivity index (χ1n) is 8.26. The third-order valence-electron chi connectivity index (χ3n) is 4.75. The van der Waals surface area contributed by atoms with Crippen LogP contribution in [0.5, 0.6) is 0 Å². The van der Waals surface area contributed by atoms with Crippen molar-refractivity contribution in [1.82, 2.24) is 9.80 Å². The minimum atomic E-state index is 0. The minimum Gasteiger partial charge on any atom is -0.396 e. The monoisotopic (exact) mass is 340 g/mol. The van der Waals surface area contributed by atoms with E-state index in [-0.39, 0.29) is 12.4 Å². The molecular weight excluding hydrogens is 307 g/mol. The first kappa shape index (κ1) is 21.5. The Morgan fingerprint density at radius 1 is 0.905 bits per heavy atom. The maximum Gasteiger partial charge on any atom is 0.0445 e. The summed E-state index contributed by atoms with van der Waals surface area (Å²) >= 11 is 5.67. The lowest BCUT2D eigenvalue weighted by Crippen LogP contribution is -2.36. The van der Waals surface area contributed by atoms with Crippen LogP contribution in [0.3, 0.4) is 0 Å². The molecule has 128 valence electrons. The van der Waals surface area contributed by atoms with Gasteiger partial charge < -0.3 is 14.9 Å². The zero-order chi connectivity index (χ0) is 14.8. The van der Waals surface area contributed by atoms with Crippen LogP contribution in [0.1, 0.15) is 51.4 Å². The van der Waals surface area contributed by atoms with Crippen LogP contribution in [-0.4, -0.2) is 66.7 Å². The van der Waals surface area contributed by atoms with E-state index in [4.69, 9.17) is 16.7 Å². The Morgan fingerprint density at radius 2 is 1.38 bits per heavy atom. The van der Waals surface area contributed by atoms with Crippen molar-refractivity contribution in [3.8, 4) is 0 Å². The summed E-state index contributed by atoms with van der Waals surface area (Å²) in [6, 6.07) is 1.42. The van der Waals surface area contributed by atoms with Gasteiger partial charge in [-0.2, -0.15) is 0 Å². The molecule has 0 amide bonds. The predicted octanol–water partition coefficient (Wildman–Crippen LogP) is 3.37. The lowest BCUT2D eigenvalue weighted by Gasteiger charge is -2.31. The highest BCUT2D eigenvalue weighted by Gasteiger charge is 2.18. The molecule has 5 heteroatoms. The molecule has 0 aromatic rings. The summed E-state index contributed by atoms with van der Waals surface area (Å²) in [4.78, 5) is 4.80. The van der Waals surface area contributed by atoms with Gasteiger partial charge in [-0.15, -0.1) is 24.0 Å². The van der Waals surface area contributed by atoms with Crippen molar-refractivity contribution in [2.24, 2.45) is 0 Å². The third kappa shape index (κ3) is 8.61. The van der Waals surface area contributed by atoms with Crippen LogP contribution in [0.15, 0.2) is 0 Å². The van der Waals surface area contributed by atoms with Crippen molar-refractivity contribution in [3.05, 3.63) is 0 Å². The first-order valence-corrected chi connectivity index (χ1v) is 8.79. The molecule has 0 aliphatic carbocycles. The molecule has 0 aromatic heterocycles. The molecule has 2 saturated heterocycles. The van der Waals surface area contributed by atoms with Gasteiger partial charge in [-0.1, -0.05) is 12.8 Å². The van der Waals surface area contributed by atoms with Gasteiger partial charge in [0, 0.05) is 24.6 Å². The smallest absolute Gasteiger partial charge is 0.0445 e. The van der Waals surface area contributed by atoms with Gasteiger partial charge in [-0.25, -0.2) is 0 Å². The fourth-order valence-corrected chi connectivity index (χ4v) is 3.54. The number of aliphatic hydroxyl groups excluding tert-OH is 1. The maximum absolute atomic E-state index is 8.71. The van der Waals surface area contributed by atoms with Crippen molar-refractivity contribution in [1.29, 1.82) is 0 Å².